The molecule has 0 aliphatic heterocycles. The van der Waals surface area contributed by atoms with Gasteiger partial charge in [0.15, 0.2) is 6.61 Å². The minimum atomic E-state index is -0.903. The number of Topliss-reactive ketones (excluding diaryl/α,β-unsaturated/α-hetero) is 1. The zero-order valence-electron chi connectivity index (χ0n) is 17.8. The Labute approximate surface area is 195 Å². The van der Waals surface area contributed by atoms with Gasteiger partial charge in [0, 0.05) is 25.2 Å². The Hall–Kier alpha value is -4.45. The van der Waals surface area contributed by atoms with E-state index in [-0.39, 0.29) is 33.6 Å². The van der Waals surface area contributed by atoms with Gasteiger partial charge in [-0.2, -0.15) is 0 Å². The molecule has 2 N–H and O–H groups in total. The van der Waals surface area contributed by atoms with Gasteiger partial charge in [-0.1, -0.05) is 11.6 Å². The van der Waals surface area contributed by atoms with E-state index in [2.05, 4.69) is 0 Å². The van der Waals surface area contributed by atoms with E-state index in [1.165, 1.54) is 50.5 Å². The Morgan fingerprint density at radius 2 is 1.74 bits per heavy atom. The monoisotopic (exact) mass is 488 g/mol. The average Bonchev–Trinajstić information content (AvgIpc) is 2.81. The van der Waals surface area contributed by atoms with Crippen molar-refractivity contribution in [2.75, 3.05) is 12.3 Å². The second-order valence-corrected chi connectivity index (χ2v) is 7.40. The number of halogens is 1. The molecule has 0 bridgehead atoms. The van der Waals surface area contributed by atoms with Gasteiger partial charge in [-0.05, 0) is 36.4 Å². The number of nitrogens with zero attached hydrogens (tertiary/aromatic N) is 3. The molecule has 1 heterocycles. The first kappa shape index (κ1) is 24.2. The maximum atomic E-state index is 12.4. The molecule has 3 rings (SSSR count). The van der Waals surface area contributed by atoms with Gasteiger partial charge in [-0.3, -0.25) is 28.8 Å². The molecule has 0 aliphatic rings. The van der Waals surface area contributed by atoms with Crippen molar-refractivity contribution >= 4 is 34.9 Å². The third-order valence-electron chi connectivity index (χ3n) is 4.76. The van der Waals surface area contributed by atoms with E-state index >= 15 is 0 Å². The van der Waals surface area contributed by atoms with Crippen LogP contribution in [0.1, 0.15) is 20.7 Å². The van der Waals surface area contributed by atoms with Crippen LogP contribution in [0, 0.1) is 10.1 Å². The van der Waals surface area contributed by atoms with Crippen LogP contribution < -0.4 is 21.7 Å². The topological polar surface area (TPSA) is 166 Å². The number of rotatable bonds is 7. The van der Waals surface area contributed by atoms with Crippen LogP contribution in [0.3, 0.4) is 0 Å². The first-order valence-corrected chi connectivity index (χ1v) is 9.86. The molecule has 0 aliphatic carbocycles. The number of nitro groups is 1. The molecule has 0 atom stereocenters. The van der Waals surface area contributed by atoms with Gasteiger partial charge in [-0.15, -0.1) is 0 Å². The molecule has 0 radical (unpaired) electrons. The number of nitro benzene ring substituents is 1. The minimum Gasteiger partial charge on any atom is -0.454 e. The van der Waals surface area contributed by atoms with E-state index in [1.807, 2.05) is 0 Å². The van der Waals surface area contributed by atoms with E-state index in [9.17, 15) is 29.3 Å². The molecule has 3 aromatic rings. The number of esters is 1. The van der Waals surface area contributed by atoms with Gasteiger partial charge in [-0.25, -0.2) is 9.59 Å². The number of aromatic nitrogens is 2. The van der Waals surface area contributed by atoms with Crippen LogP contribution in [-0.4, -0.2) is 32.4 Å². The fraction of sp³-hybridized carbons (Fsp3) is 0.143. The summed E-state index contributed by atoms with van der Waals surface area (Å²) in [6, 6.07) is 9.30. The molecule has 0 amide bonds. The van der Waals surface area contributed by atoms with E-state index < -0.39 is 40.1 Å². The molecule has 34 heavy (non-hydrogen) atoms. The quantitative estimate of drug-likeness (QED) is 0.226. The van der Waals surface area contributed by atoms with Crippen molar-refractivity contribution in [1.82, 2.24) is 9.13 Å². The highest BCUT2D eigenvalue weighted by atomic mass is 35.5. The highest BCUT2D eigenvalue weighted by Crippen LogP contribution is 2.33. The SMILES string of the molecule is Cn1c(N)c(C(=O)COC(=O)c2ccc(Oc3ccc(Cl)cc3[N+](=O)[O-])cc2)c(=O)n(C)c1=O. The van der Waals surface area contributed by atoms with Gasteiger partial charge in [0.25, 0.3) is 5.56 Å². The number of nitrogen functional groups attached to an aromatic ring is 1. The number of ether oxygens (including phenoxy) is 2. The first-order chi connectivity index (χ1) is 16.0. The number of carbonyl (C=O) groups excluding carboxylic acids is 2. The van der Waals surface area contributed by atoms with Gasteiger partial charge in [0.05, 0.1) is 10.5 Å². The predicted octanol–water partition coefficient (Wildman–Crippen LogP) is 2.06. The van der Waals surface area contributed by atoms with Gasteiger partial charge >= 0.3 is 17.3 Å². The molecule has 0 saturated heterocycles. The molecule has 0 unspecified atom stereocenters. The lowest BCUT2D eigenvalue weighted by Crippen LogP contribution is -2.42. The Bertz CT molecular complexity index is 1430. The third kappa shape index (κ3) is 4.81. The summed E-state index contributed by atoms with van der Waals surface area (Å²) in [5.41, 5.74) is 3.35. The van der Waals surface area contributed by atoms with Crippen molar-refractivity contribution in [3.63, 3.8) is 0 Å². The van der Waals surface area contributed by atoms with Crippen LogP contribution in [0.4, 0.5) is 11.5 Å². The molecule has 2 aromatic carbocycles. The highest BCUT2D eigenvalue weighted by molar-refractivity contribution is 6.30. The van der Waals surface area contributed by atoms with Crippen LogP contribution in [0.25, 0.3) is 0 Å². The van der Waals surface area contributed by atoms with E-state index in [1.54, 1.807) is 0 Å². The molecular weight excluding hydrogens is 472 g/mol. The Balaban J connectivity index is 1.71. The zero-order valence-corrected chi connectivity index (χ0v) is 18.6. The Morgan fingerprint density at radius 1 is 1.09 bits per heavy atom. The van der Waals surface area contributed by atoms with Gasteiger partial charge < -0.3 is 15.2 Å². The van der Waals surface area contributed by atoms with Crippen LogP contribution >= 0.6 is 11.6 Å². The second-order valence-electron chi connectivity index (χ2n) is 6.96. The second kappa shape index (κ2) is 9.58. The standard InChI is InChI=1S/C21H17ClN4O8/c1-24-18(23)17(19(28)25(2)21(24)30)15(27)10-33-20(29)11-3-6-13(7-4-11)34-16-8-5-12(22)9-14(16)26(31)32/h3-9H,10,23H2,1-2H3. The molecule has 13 heteroatoms. The third-order valence-corrected chi connectivity index (χ3v) is 4.99. The molecule has 0 spiro atoms. The lowest BCUT2D eigenvalue weighted by Gasteiger charge is -2.11. The van der Waals surface area contributed by atoms with Crippen molar-refractivity contribution in [1.29, 1.82) is 0 Å². The van der Waals surface area contributed by atoms with Crippen LogP contribution in [0.15, 0.2) is 52.1 Å². The van der Waals surface area contributed by atoms with Crippen LogP contribution in [-0.2, 0) is 18.8 Å². The predicted molar refractivity (Wildman–Crippen MR) is 121 cm³/mol. The van der Waals surface area contributed by atoms with Crippen molar-refractivity contribution in [2.24, 2.45) is 14.1 Å². The van der Waals surface area contributed by atoms with Gasteiger partial charge in [0.2, 0.25) is 11.5 Å². The summed E-state index contributed by atoms with van der Waals surface area (Å²) in [5.74, 6) is -1.95. The maximum absolute atomic E-state index is 12.4. The number of nitrogens with two attached hydrogens (primary N) is 1. The average molecular weight is 489 g/mol. The lowest BCUT2D eigenvalue weighted by atomic mass is 10.2. The van der Waals surface area contributed by atoms with E-state index in [0.717, 1.165) is 15.2 Å². The Morgan fingerprint density at radius 3 is 2.35 bits per heavy atom. The fourth-order valence-corrected chi connectivity index (χ4v) is 3.08. The number of benzene rings is 2. The number of carbonyl (C=O) groups is 2. The van der Waals surface area contributed by atoms with Crippen LogP contribution in [0.5, 0.6) is 11.5 Å². The molecule has 12 nitrogen and oxygen atoms in total. The van der Waals surface area contributed by atoms with Crippen LogP contribution in [0.2, 0.25) is 5.02 Å². The van der Waals surface area contributed by atoms with Crippen molar-refractivity contribution in [3.8, 4) is 11.5 Å². The fourth-order valence-electron chi connectivity index (χ4n) is 2.91. The molecule has 0 fully saturated rings. The maximum Gasteiger partial charge on any atom is 0.338 e. The molecule has 176 valence electrons. The lowest BCUT2D eigenvalue weighted by molar-refractivity contribution is -0.385. The largest absolute Gasteiger partial charge is 0.454 e. The summed E-state index contributed by atoms with van der Waals surface area (Å²) in [6.45, 7) is -0.786. The van der Waals surface area contributed by atoms with Gasteiger partial charge in [0.1, 0.15) is 17.1 Å². The zero-order chi connectivity index (χ0) is 25.2. The summed E-state index contributed by atoms with van der Waals surface area (Å²) in [5, 5.41) is 11.3. The summed E-state index contributed by atoms with van der Waals surface area (Å²) in [6.07, 6.45) is 0. The molecular formula is C21H17ClN4O8. The summed E-state index contributed by atoms with van der Waals surface area (Å²) < 4.78 is 12.1. The number of anilines is 1. The minimum absolute atomic E-state index is 0.0482. The normalized spacial score (nSPS) is 10.6. The van der Waals surface area contributed by atoms with E-state index in [4.69, 9.17) is 26.8 Å². The molecule has 1 aromatic heterocycles. The van der Waals surface area contributed by atoms with E-state index in [0.29, 0.717) is 0 Å². The van der Waals surface area contributed by atoms with Crippen molar-refractivity contribution in [3.05, 3.63) is 89.6 Å². The Kier molecular flexibility index (Phi) is 6.82. The number of hydrogen-bond acceptors (Lipinski definition) is 9. The first-order valence-electron chi connectivity index (χ1n) is 9.49. The molecule has 0 saturated carbocycles. The van der Waals surface area contributed by atoms with Crippen molar-refractivity contribution in [2.45, 2.75) is 0 Å². The summed E-state index contributed by atoms with van der Waals surface area (Å²) >= 11 is 5.77. The highest BCUT2D eigenvalue weighted by Gasteiger charge is 2.22. The number of hydrogen-bond donors (Lipinski definition) is 1. The summed E-state index contributed by atoms with van der Waals surface area (Å²) in [4.78, 5) is 59.3. The number of ketones is 1. The van der Waals surface area contributed by atoms with Crippen molar-refractivity contribution < 1.29 is 24.0 Å². The summed E-state index contributed by atoms with van der Waals surface area (Å²) in [7, 11) is 2.48. The smallest absolute Gasteiger partial charge is 0.338 e.